The standard InChI is InChI=1S/C19H20O4/c1-20-13-9-8-12-6-5-7-14-16(15(12)10-13)11-17(21-2)19(23-4)18(14)22-3/h5-6,8-11H,7H2,1-4H3. The zero-order valence-corrected chi connectivity index (χ0v) is 13.8. The predicted molar refractivity (Wildman–Crippen MR) is 90.8 cm³/mol. The molecule has 0 aliphatic heterocycles. The van der Waals surface area contributed by atoms with Gasteiger partial charge in [-0.2, -0.15) is 0 Å². The summed E-state index contributed by atoms with van der Waals surface area (Å²) in [4.78, 5) is 0. The van der Waals surface area contributed by atoms with Gasteiger partial charge in [0.15, 0.2) is 11.5 Å². The zero-order valence-electron chi connectivity index (χ0n) is 13.8. The smallest absolute Gasteiger partial charge is 0.203 e. The Balaban J connectivity index is 2.34. The third-order valence-corrected chi connectivity index (χ3v) is 4.10. The second kappa shape index (κ2) is 6.24. The molecule has 0 fully saturated rings. The molecule has 2 aromatic rings. The fourth-order valence-electron chi connectivity index (χ4n) is 3.00. The molecule has 0 radical (unpaired) electrons. The molecule has 0 aromatic heterocycles. The number of fused-ring (bicyclic) bond motifs is 3. The van der Waals surface area contributed by atoms with Crippen molar-refractivity contribution in [2.24, 2.45) is 0 Å². The Morgan fingerprint density at radius 3 is 2.22 bits per heavy atom. The third kappa shape index (κ3) is 2.50. The van der Waals surface area contributed by atoms with Crippen LogP contribution in [0.15, 0.2) is 30.3 Å². The van der Waals surface area contributed by atoms with Crippen LogP contribution in [-0.4, -0.2) is 28.4 Å². The van der Waals surface area contributed by atoms with Gasteiger partial charge in [-0.1, -0.05) is 18.2 Å². The minimum Gasteiger partial charge on any atom is -0.497 e. The largest absolute Gasteiger partial charge is 0.497 e. The van der Waals surface area contributed by atoms with Gasteiger partial charge in [-0.25, -0.2) is 0 Å². The van der Waals surface area contributed by atoms with Gasteiger partial charge in [0, 0.05) is 5.56 Å². The van der Waals surface area contributed by atoms with Gasteiger partial charge in [0.1, 0.15) is 5.75 Å². The molecule has 120 valence electrons. The highest BCUT2D eigenvalue weighted by Gasteiger charge is 2.23. The number of allylic oxidation sites excluding steroid dienone is 1. The van der Waals surface area contributed by atoms with E-state index >= 15 is 0 Å². The quantitative estimate of drug-likeness (QED) is 0.856. The van der Waals surface area contributed by atoms with Crippen LogP contribution in [0.25, 0.3) is 17.2 Å². The first-order valence-electron chi connectivity index (χ1n) is 7.40. The molecule has 0 spiro atoms. The van der Waals surface area contributed by atoms with Crippen molar-refractivity contribution >= 4 is 6.08 Å². The summed E-state index contributed by atoms with van der Waals surface area (Å²) in [5.41, 5.74) is 4.37. The van der Waals surface area contributed by atoms with Gasteiger partial charge >= 0.3 is 0 Å². The van der Waals surface area contributed by atoms with E-state index in [0.717, 1.165) is 34.4 Å². The van der Waals surface area contributed by atoms with Crippen LogP contribution < -0.4 is 18.9 Å². The molecule has 0 amide bonds. The Bertz CT molecular complexity index is 762. The molecule has 4 nitrogen and oxygen atoms in total. The lowest BCUT2D eigenvalue weighted by atomic mass is 9.94. The number of benzene rings is 2. The summed E-state index contributed by atoms with van der Waals surface area (Å²) in [6, 6.07) is 8.06. The van der Waals surface area contributed by atoms with E-state index in [0.29, 0.717) is 17.2 Å². The second-order valence-electron chi connectivity index (χ2n) is 5.23. The fraction of sp³-hybridized carbons (Fsp3) is 0.263. The maximum absolute atomic E-state index is 5.63. The van der Waals surface area contributed by atoms with Crippen molar-refractivity contribution in [3.05, 3.63) is 41.5 Å². The molecule has 0 saturated carbocycles. The summed E-state index contributed by atoms with van der Waals surface area (Å²) < 4.78 is 22.0. The molecule has 3 rings (SSSR count). The van der Waals surface area contributed by atoms with Crippen LogP contribution in [0.3, 0.4) is 0 Å². The van der Waals surface area contributed by atoms with Crippen LogP contribution in [0.2, 0.25) is 0 Å². The van der Waals surface area contributed by atoms with Crippen LogP contribution in [0.4, 0.5) is 0 Å². The lowest BCUT2D eigenvalue weighted by molar-refractivity contribution is 0.323. The molecule has 4 heteroatoms. The maximum Gasteiger partial charge on any atom is 0.203 e. The Labute approximate surface area is 136 Å². The van der Waals surface area contributed by atoms with Crippen LogP contribution in [0.1, 0.15) is 11.1 Å². The summed E-state index contributed by atoms with van der Waals surface area (Å²) in [6.45, 7) is 0. The number of ether oxygens (including phenoxy) is 4. The van der Waals surface area contributed by atoms with Gasteiger partial charge in [0.25, 0.3) is 0 Å². The van der Waals surface area contributed by atoms with Crippen molar-refractivity contribution in [3.63, 3.8) is 0 Å². The van der Waals surface area contributed by atoms with E-state index < -0.39 is 0 Å². The van der Waals surface area contributed by atoms with E-state index in [4.69, 9.17) is 18.9 Å². The van der Waals surface area contributed by atoms with E-state index in [-0.39, 0.29) is 0 Å². The SMILES string of the molecule is COc1ccc2c(c1)-c1cc(OC)c(OC)c(OC)c1CC=C2. The third-order valence-electron chi connectivity index (χ3n) is 4.10. The summed E-state index contributed by atoms with van der Waals surface area (Å²) in [5, 5.41) is 0. The van der Waals surface area contributed by atoms with E-state index in [9.17, 15) is 0 Å². The Kier molecular flexibility index (Phi) is 4.15. The molecule has 0 unspecified atom stereocenters. The monoisotopic (exact) mass is 312 g/mol. The van der Waals surface area contributed by atoms with E-state index in [1.807, 2.05) is 18.2 Å². The summed E-state index contributed by atoms with van der Waals surface area (Å²) in [6.07, 6.45) is 5.01. The van der Waals surface area contributed by atoms with Gasteiger partial charge in [-0.3, -0.25) is 0 Å². The first-order chi connectivity index (χ1) is 11.2. The molecular weight excluding hydrogens is 292 g/mol. The van der Waals surface area contributed by atoms with Crippen LogP contribution in [0.5, 0.6) is 23.0 Å². The molecule has 0 bridgehead atoms. The Hall–Kier alpha value is -2.62. The highest BCUT2D eigenvalue weighted by molar-refractivity contribution is 5.84. The van der Waals surface area contributed by atoms with Crippen LogP contribution in [-0.2, 0) is 6.42 Å². The summed E-state index contributed by atoms with van der Waals surface area (Å²) >= 11 is 0. The Morgan fingerprint density at radius 1 is 0.783 bits per heavy atom. The summed E-state index contributed by atoms with van der Waals surface area (Å²) in [5.74, 6) is 2.80. The van der Waals surface area contributed by atoms with Crippen molar-refractivity contribution in [2.75, 3.05) is 28.4 Å². The van der Waals surface area contributed by atoms with Gasteiger partial charge in [-0.15, -0.1) is 0 Å². The number of hydrogen-bond donors (Lipinski definition) is 0. The van der Waals surface area contributed by atoms with Crippen molar-refractivity contribution in [3.8, 4) is 34.1 Å². The molecule has 0 N–H and O–H groups in total. The maximum atomic E-state index is 5.63. The zero-order chi connectivity index (χ0) is 16.4. The number of hydrogen-bond acceptors (Lipinski definition) is 4. The molecule has 0 atom stereocenters. The fourth-order valence-corrected chi connectivity index (χ4v) is 3.00. The summed E-state index contributed by atoms with van der Waals surface area (Å²) in [7, 11) is 6.57. The minimum atomic E-state index is 0.619. The number of rotatable bonds is 4. The van der Waals surface area contributed by atoms with Crippen molar-refractivity contribution in [1.82, 2.24) is 0 Å². The lowest BCUT2D eigenvalue weighted by Crippen LogP contribution is -2.01. The molecule has 1 aliphatic rings. The second-order valence-corrected chi connectivity index (χ2v) is 5.23. The predicted octanol–water partition coefficient (Wildman–Crippen LogP) is 3.96. The normalized spacial score (nSPS) is 12.0. The molecule has 0 saturated heterocycles. The minimum absolute atomic E-state index is 0.619. The van der Waals surface area contributed by atoms with Crippen molar-refractivity contribution in [2.45, 2.75) is 6.42 Å². The molecule has 1 aliphatic carbocycles. The Morgan fingerprint density at radius 2 is 1.57 bits per heavy atom. The molecule has 0 heterocycles. The number of methoxy groups -OCH3 is 4. The van der Waals surface area contributed by atoms with Crippen LogP contribution >= 0.6 is 0 Å². The lowest BCUT2D eigenvalue weighted by Gasteiger charge is -2.19. The highest BCUT2D eigenvalue weighted by atomic mass is 16.5. The van der Waals surface area contributed by atoms with Crippen molar-refractivity contribution in [1.29, 1.82) is 0 Å². The van der Waals surface area contributed by atoms with E-state index in [1.165, 1.54) is 0 Å². The van der Waals surface area contributed by atoms with Crippen LogP contribution in [0, 0.1) is 0 Å². The van der Waals surface area contributed by atoms with Gasteiger partial charge in [-0.05, 0) is 41.3 Å². The van der Waals surface area contributed by atoms with Gasteiger partial charge in [0.05, 0.1) is 28.4 Å². The first-order valence-corrected chi connectivity index (χ1v) is 7.40. The van der Waals surface area contributed by atoms with E-state index in [1.54, 1.807) is 28.4 Å². The van der Waals surface area contributed by atoms with E-state index in [2.05, 4.69) is 18.2 Å². The molecule has 23 heavy (non-hydrogen) atoms. The van der Waals surface area contributed by atoms with Gasteiger partial charge in [0.2, 0.25) is 5.75 Å². The topological polar surface area (TPSA) is 36.9 Å². The average molecular weight is 312 g/mol. The van der Waals surface area contributed by atoms with Crippen molar-refractivity contribution < 1.29 is 18.9 Å². The highest BCUT2D eigenvalue weighted by Crippen LogP contribution is 2.47. The molecule has 2 aromatic carbocycles. The first kappa shape index (κ1) is 15.3. The van der Waals surface area contributed by atoms with Gasteiger partial charge < -0.3 is 18.9 Å². The molecular formula is C19H20O4. The average Bonchev–Trinajstić information content (AvgIpc) is 2.78.